The maximum absolute atomic E-state index is 12.0. The molecule has 1 aliphatic rings. The summed E-state index contributed by atoms with van der Waals surface area (Å²) in [4.78, 5) is 12.0. The summed E-state index contributed by atoms with van der Waals surface area (Å²) in [6, 6.07) is 7.56. The van der Waals surface area contributed by atoms with E-state index in [9.17, 15) is 4.79 Å². The second-order valence-electron chi connectivity index (χ2n) is 4.20. The van der Waals surface area contributed by atoms with Crippen molar-refractivity contribution < 1.29 is 4.79 Å². The number of benzene rings is 1. The summed E-state index contributed by atoms with van der Waals surface area (Å²) in [6.45, 7) is 3.94. The number of dihydropyridines is 1. The van der Waals surface area contributed by atoms with E-state index in [1.807, 2.05) is 56.3 Å². The predicted molar refractivity (Wildman–Crippen MR) is 68.5 cm³/mol. The van der Waals surface area contributed by atoms with Crippen molar-refractivity contribution in [2.24, 2.45) is 0 Å². The van der Waals surface area contributed by atoms with Gasteiger partial charge in [-0.15, -0.1) is 0 Å². The van der Waals surface area contributed by atoms with Crippen LogP contribution in [0.1, 0.15) is 22.8 Å². The first-order chi connectivity index (χ1) is 8.15. The zero-order valence-electron chi connectivity index (χ0n) is 10.0. The average Bonchev–Trinajstić information content (AvgIpc) is 2.29. The lowest BCUT2D eigenvalue weighted by Gasteiger charge is -2.20. The maximum Gasteiger partial charge on any atom is 0.253 e. The molecular formula is C14H16N2O. The molecule has 88 valence electrons. The molecule has 0 spiro atoms. The molecule has 1 unspecified atom stereocenters. The third-order valence-corrected chi connectivity index (χ3v) is 2.60. The van der Waals surface area contributed by atoms with E-state index in [4.69, 9.17) is 0 Å². The Morgan fingerprint density at radius 2 is 2.18 bits per heavy atom. The minimum atomic E-state index is -0.131. The molecule has 0 aliphatic carbocycles. The number of rotatable bonds is 2. The van der Waals surface area contributed by atoms with E-state index < -0.39 is 0 Å². The van der Waals surface area contributed by atoms with Crippen LogP contribution >= 0.6 is 0 Å². The monoisotopic (exact) mass is 228 g/mol. The number of amides is 1. The number of hydrogen-bond donors (Lipinski definition) is 2. The molecule has 0 bridgehead atoms. The standard InChI is InChI=1S/C14H16N2O/c1-10-5-3-7-12(9-10)14(17)16-13-8-4-6-11(2)15-13/h3-9,13,15H,1-2H3,(H,16,17). The Balaban J connectivity index is 2.03. The van der Waals surface area contributed by atoms with Gasteiger partial charge in [0.2, 0.25) is 0 Å². The number of allylic oxidation sites excluding steroid dienone is 3. The number of hydrogen-bond acceptors (Lipinski definition) is 2. The van der Waals surface area contributed by atoms with Crippen molar-refractivity contribution in [2.45, 2.75) is 20.0 Å². The fourth-order valence-electron chi connectivity index (χ4n) is 1.75. The molecular weight excluding hydrogens is 212 g/mol. The Kier molecular flexibility index (Phi) is 3.28. The molecule has 0 saturated carbocycles. The van der Waals surface area contributed by atoms with Crippen molar-refractivity contribution in [3.8, 4) is 0 Å². The van der Waals surface area contributed by atoms with Crippen LogP contribution in [0, 0.1) is 6.92 Å². The van der Waals surface area contributed by atoms with Crippen molar-refractivity contribution in [2.75, 3.05) is 0 Å². The highest BCUT2D eigenvalue weighted by atomic mass is 16.1. The van der Waals surface area contributed by atoms with Crippen LogP contribution in [0.3, 0.4) is 0 Å². The minimum Gasteiger partial charge on any atom is -0.366 e. The third kappa shape index (κ3) is 2.97. The van der Waals surface area contributed by atoms with Gasteiger partial charge in [-0.2, -0.15) is 0 Å². The first-order valence-electron chi connectivity index (χ1n) is 5.64. The first-order valence-corrected chi connectivity index (χ1v) is 5.64. The molecule has 1 amide bonds. The van der Waals surface area contributed by atoms with Gasteiger partial charge in [-0.25, -0.2) is 0 Å². The van der Waals surface area contributed by atoms with Crippen LogP contribution in [0.2, 0.25) is 0 Å². The van der Waals surface area contributed by atoms with Gasteiger partial charge in [-0.1, -0.05) is 23.8 Å². The van der Waals surface area contributed by atoms with Crippen molar-refractivity contribution in [1.82, 2.24) is 10.6 Å². The molecule has 0 radical (unpaired) electrons. The summed E-state index contributed by atoms with van der Waals surface area (Å²) in [5, 5.41) is 6.09. The predicted octanol–water partition coefficient (Wildman–Crippen LogP) is 2.11. The molecule has 0 fully saturated rings. The second kappa shape index (κ2) is 4.87. The highest BCUT2D eigenvalue weighted by molar-refractivity contribution is 5.94. The van der Waals surface area contributed by atoms with Crippen molar-refractivity contribution in [3.05, 3.63) is 59.3 Å². The molecule has 1 atom stereocenters. The van der Waals surface area contributed by atoms with Gasteiger partial charge in [0, 0.05) is 11.3 Å². The molecule has 17 heavy (non-hydrogen) atoms. The molecule has 0 saturated heterocycles. The normalized spacial score (nSPS) is 18.2. The SMILES string of the molecule is CC1=CC=CC(NC(=O)c2cccc(C)c2)N1. The lowest BCUT2D eigenvalue weighted by molar-refractivity contribution is 0.0940. The topological polar surface area (TPSA) is 41.1 Å². The lowest BCUT2D eigenvalue weighted by atomic mass is 10.1. The minimum absolute atomic E-state index is 0.0643. The quantitative estimate of drug-likeness (QED) is 0.814. The zero-order valence-corrected chi connectivity index (χ0v) is 10.0. The summed E-state index contributed by atoms with van der Waals surface area (Å²) in [5.41, 5.74) is 2.82. The maximum atomic E-state index is 12.0. The number of carbonyl (C=O) groups is 1. The molecule has 3 nitrogen and oxygen atoms in total. The van der Waals surface area contributed by atoms with Crippen LogP contribution in [-0.2, 0) is 0 Å². The number of carbonyl (C=O) groups excluding carboxylic acids is 1. The molecule has 0 aromatic heterocycles. The molecule has 2 rings (SSSR count). The number of aryl methyl sites for hydroxylation is 1. The van der Waals surface area contributed by atoms with Crippen molar-refractivity contribution >= 4 is 5.91 Å². The Morgan fingerprint density at radius 1 is 1.35 bits per heavy atom. The first kappa shape index (κ1) is 11.5. The Morgan fingerprint density at radius 3 is 2.88 bits per heavy atom. The van der Waals surface area contributed by atoms with Gasteiger partial charge in [-0.05, 0) is 38.1 Å². The number of nitrogens with one attached hydrogen (secondary N) is 2. The van der Waals surface area contributed by atoms with E-state index in [1.54, 1.807) is 0 Å². The zero-order chi connectivity index (χ0) is 12.3. The molecule has 1 heterocycles. The molecule has 1 aromatic carbocycles. The summed E-state index contributed by atoms with van der Waals surface area (Å²) in [6.07, 6.45) is 5.69. The Labute approximate surface area is 101 Å². The molecule has 1 aromatic rings. The summed E-state index contributed by atoms with van der Waals surface area (Å²) >= 11 is 0. The largest absolute Gasteiger partial charge is 0.366 e. The van der Waals surface area contributed by atoms with E-state index in [-0.39, 0.29) is 12.1 Å². The van der Waals surface area contributed by atoms with E-state index >= 15 is 0 Å². The van der Waals surface area contributed by atoms with Crippen LogP contribution in [0.5, 0.6) is 0 Å². The van der Waals surface area contributed by atoms with E-state index in [0.29, 0.717) is 5.56 Å². The highest BCUT2D eigenvalue weighted by Gasteiger charge is 2.12. The fourth-order valence-corrected chi connectivity index (χ4v) is 1.75. The summed E-state index contributed by atoms with van der Waals surface area (Å²) in [7, 11) is 0. The van der Waals surface area contributed by atoms with Crippen LogP contribution in [0.4, 0.5) is 0 Å². The molecule has 2 N–H and O–H groups in total. The van der Waals surface area contributed by atoms with Gasteiger partial charge in [0.15, 0.2) is 0 Å². The van der Waals surface area contributed by atoms with E-state index in [2.05, 4.69) is 10.6 Å². The van der Waals surface area contributed by atoms with Crippen LogP contribution in [0.25, 0.3) is 0 Å². The average molecular weight is 228 g/mol. The second-order valence-corrected chi connectivity index (χ2v) is 4.20. The summed E-state index contributed by atoms with van der Waals surface area (Å²) < 4.78 is 0. The fraction of sp³-hybridized carbons (Fsp3) is 0.214. The Hall–Kier alpha value is -2.03. The van der Waals surface area contributed by atoms with Crippen molar-refractivity contribution in [3.63, 3.8) is 0 Å². The van der Waals surface area contributed by atoms with Crippen LogP contribution in [-0.4, -0.2) is 12.1 Å². The van der Waals surface area contributed by atoms with Crippen LogP contribution < -0.4 is 10.6 Å². The molecule has 3 heteroatoms. The van der Waals surface area contributed by atoms with Gasteiger partial charge in [0.25, 0.3) is 5.91 Å². The van der Waals surface area contributed by atoms with Gasteiger partial charge >= 0.3 is 0 Å². The third-order valence-electron chi connectivity index (χ3n) is 2.60. The lowest BCUT2D eigenvalue weighted by Crippen LogP contribution is -2.44. The smallest absolute Gasteiger partial charge is 0.253 e. The van der Waals surface area contributed by atoms with Gasteiger partial charge in [0.05, 0.1) is 0 Å². The summed E-state index contributed by atoms with van der Waals surface area (Å²) in [5.74, 6) is -0.0643. The van der Waals surface area contributed by atoms with Crippen molar-refractivity contribution in [1.29, 1.82) is 0 Å². The van der Waals surface area contributed by atoms with Crippen LogP contribution in [0.15, 0.2) is 48.2 Å². The van der Waals surface area contributed by atoms with E-state index in [1.165, 1.54) is 0 Å². The van der Waals surface area contributed by atoms with E-state index in [0.717, 1.165) is 11.3 Å². The molecule has 1 aliphatic heterocycles. The van der Waals surface area contributed by atoms with Gasteiger partial charge in [0.1, 0.15) is 6.17 Å². The van der Waals surface area contributed by atoms with Gasteiger partial charge in [-0.3, -0.25) is 4.79 Å². The Bertz CT molecular complexity index is 489. The van der Waals surface area contributed by atoms with Gasteiger partial charge < -0.3 is 10.6 Å². The highest BCUT2D eigenvalue weighted by Crippen LogP contribution is 2.05.